The van der Waals surface area contributed by atoms with Crippen molar-refractivity contribution in [2.75, 3.05) is 10.2 Å². The van der Waals surface area contributed by atoms with Gasteiger partial charge in [0.25, 0.3) is 0 Å². The largest absolute Gasteiger partial charge is 0.363 e. The maximum Gasteiger partial charge on any atom is 0.160 e. The van der Waals surface area contributed by atoms with Crippen LogP contribution in [0.4, 0.5) is 17.1 Å². The number of hydrogen-bond donors (Lipinski definition) is 1. The second-order valence-corrected chi connectivity index (χ2v) is 11.6. The Bertz CT molecular complexity index is 2100. The monoisotopic (exact) mass is 592 g/mol. The Morgan fingerprint density at radius 2 is 0.957 bits per heavy atom. The summed E-state index contributed by atoms with van der Waals surface area (Å²) in [6.07, 6.45) is 0.144. The van der Waals surface area contributed by atoms with Crippen LogP contribution in [0.2, 0.25) is 0 Å². The fourth-order valence-electron chi connectivity index (χ4n) is 6.36. The third-order valence-electron chi connectivity index (χ3n) is 8.57. The lowest BCUT2D eigenvalue weighted by Crippen LogP contribution is -2.28. The van der Waals surface area contributed by atoms with Gasteiger partial charge in [-0.05, 0) is 60.0 Å². The molecule has 0 saturated carbocycles. The van der Waals surface area contributed by atoms with Crippen LogP contribution in [0.3, 0.4) is 0 Å². The molecule has 8 rings (SSSR count). The van der Waals surface area contributed by atoms with Crippen molar-refractivity contribution in [1.82, 2.24) is 9.97 Å². The third kappa shape index (κ3) is 5.20. The van der Waals surface area contributed by atoms with E-state index >= 15 is 0 Å². The SMILES string of the molecule is CC1Nc2ccccc2N1c1ccccc1-c1cccc(-c2cccc(-c3nc(-c4ccccc4)cc(-c4ccccc4)n3)c2)c1. The van der Waals surface area contributed by atoms with Gasteiger partial charge < -0.3 is 10.2 Å². The standard InChI is InChI=1S/C42H32N4/c1-29-43-37-23-9-11-25-41(37)46(29)40-24-10-8-22-36(40)34-20-12-18-32(26-34)33-19-13-21-35(27-33)42-44-38(30-14-4-2-5-15-30)28-39(45-42)31-16-6-3-7-17-31/h2-29,43H,1H3. The fraction of sp³-hybridized carbons (Fsp3) is 0.0476. The highest BCUT2D eigenvalue weighted by molar-refractivity contribution is 5.90. The van der Waals surface area contributed by atoms with Gasteiger partial charge >= 0.3 is 0 Å². The molecule has 1 unspecified atom stereocenters. The lowest BCUT2D eigenvalue weighted by molar-refractivity contribution is 0.843. The number of fused-ring (bicyclic) bond motifs is 1. The van der Waals surface area contributed by atoms with Crippen LogP contribution in [-0.4, -0.2) is 16.1 Å². The second-order valence-electron chi connectivity index (χ2n) is 11.6. The van der Waals surface area contributed by atoms with Crippen LogP contribution in [0.5, 0.6) is 0 Å². The zero-order valence-corrected chi connectivity index (χ0v) is 25.5. The molecule has 1 atom stereocenters. The Morgan fingerprint density at radius 3 is 1.63 bits per heavy atom. The molecule has 1 aliphatic heterocycles. The summed E-state index contributed by atoms with van der Waals surface area (Å²) < 4.78 is 0. The molecular formula is C42H32N4. The number of anilines is 3. The number of rotatable bonds is 6. The van der Waals surface area contributed by atoms with Crippen LogP contribution in [-0.2, 0) is 0 Å². The highest BCUT2D eigenvalue weighted by Crippen LogP contribution is 2.44. The summed E-state index contributed by atoms with van der Waals surface area (Å²) in [7, 11) is 0. The van der Waals surface area contributed by atoms with E-state index in [0.29, 0.717) is 5.82 Å². The molecule has 7 aromatic rings. The van der Waals surface area contributed by atoms with Gasteiger partial charge in [-0.2, -0.15) is 0 Å². The average molecular weight is 593 g/mol. The molecule has 0 bridgehead atoms. The quantitative estimate of drug-likeness (QED) is 0.209. The van der Waals surface area contributed by atoms with Crippen molar-refractivity contribution in [1.29, 1.82) is 0 Å². The Hall–Kier alpha value is -6.00. The van der Waals surface area contributed by atoms with Crippen LogP contribution in [0.1, 0.15) is 6.92 Å². The minimum Gasteiger partial charge on any atom is -0.363 e. The van der Waals surface area contributed by atoms with Gasteiger partial charge in [0.05, 0.1) is 28.5 Å². The van der Waals surface area contributed by atoms with E-state index in [0.717, 1.165) is 44.9 Å². The lowest BCUT2D eigenvalue weighted by Gasteiger charge is -2.27. The molecule has 0 saturated heterocycles. The van der Waals surface area contributed by atoms with E-state index in [4.69, 9.17) is 9.97 Å². The van der Waals surface area contributed by atoms with Crippen LogP contribution >= 0.6 is 0 Å². The minimum absolute atomic E-state index is 0.144. The van der Waals surface area contributed by atoms with Crippen LogP contribution in [0, 0.1) is 0 Å². The van der Waals surface area contributed by atoms with Crippen molar-refractivity contribution in [3.8, 4) is 56.2 Å². The van der Waals surface area contributed by atoms with E-state index in [-0.39, 0.29) is 6.17 Å². The normalized spacial score (nSPS) is 13.7. The van der Waals surface area contributed by atoms with Gasteiger partial charge in [0.2, 0.25) is 0 Å². The van der Waals surface area contributed by atoms with Gasteiger partial charge in [-0.15, -0.1) is 0 Å². The Balaban J connectivity index is 1.19. The van der Waals surface area contributed by atoms with E-state index < -0.39 is 0 Å². The number of nitrogens with one attached hydrogen (secondary N) is 1. The molecule has 0 radical (unpaired) electrons. The van der Waals surface area contributed by atoms with Gasteiger partial charge in [-0.3, -0.25) is 0 Å². The van der Waals surface area contributed by atoms with Crippen molar-refractivity contribution in [2.45, 2.75) is 13.1 Å². The summed E-state index contributed by atoms with van der Waals surface area (Å²) in [5.41, 5.74) is 13.1. The highest BCUT2D eigenvalue weighted by Gasteiger charge is 2.28. The molecule has 4 nitrogen and oxygen atoms in total. The summed E-state index contributed by atoms with van der Waals surface area (Å²) in [4.78, 5) is 12.5. The molecule has 6 aromatic carbocycles. The van der Waals surface area contributed by atoms with E-state index in [1.807, 2.05) is 36.4 Å². The summed E-state index contributed by atoms with van der Waals surface area (Å²) in [6.45, 7) is 2.21. The predicted molar refractivity (Wildman–Crippen MR) is 191 cm³/mol. The second kappa shape index (κ2) is 11.8. The van der Waals surface area contributed by atoms with Crippen molar-refractivity contribution in [3.63, 3.8) is 0 Å². The molecule has 0 amide bonds. The van der Waals surface area contributed by atoms with E-state index in [1.165, 1.54) is 22.5 Å². The first-order valence-electron chi connectivity index (χ1n) is 15.7. The van der Waals surface area contributed by atoms with Gasteiger partial charge in [0, 0.05) is 22.3 Å². The number of para-hydroxylation sites is 3. The van der Waals surface area contributed by atoms with Gasteiger partial charge in [-0.25, -0.2) is 9.97 Å². The summed E-state index contributed by atoms with van der Waals surface area (Å²) in [6, 6.07) is 57.2. The zero-order chi connectivity index (χ0) is 30.9. The topological polar surface area (TPSA) is 41.0 Å². The molecule has 4 heteroatoms. The third-order valence-corrected chi connectivity index (χ3v) is 8.57. The Labute approximate surface area is 269 Å². The molecule has 220 valence electrons. The summed E-state index contributed by atoms with van der Waals surface area (Å²) in [5.74, 6) is 0.706. The zero-order valence-electron chi connectivity index (χ0n) is 25.5. The molecule has 2 heterocycles. The first-order valence-corrected chi connectivity index (χ1v) is 15.7. The van der Waals surface area contributed by atoms with Crippen LogP contribution in [0.25, 0.3) is 56.2 Å². The smallest absolute Gasteiger partial charge is 0.160 e. The molecule has 1 aliphatic rings. The minimum atomic E-state index is 0.144. The molecule has 0 fully saturated rings. The first-order chi connectivity index (χ1) is 22.7. The van der Waals surface area contributed by atoms with Gasteiger partial charge in [0.15, 0.2) is 5.82 Å². The van der Waals surface area contributed by atoms with Gasteiger partial charge in [0.1, 0.15) is 6.17 Å². The van der Waals surface area contributed by atoms with Crippen molar-refractivity contribution in [2.24, 2.45) is 0 Å². The Kier molecular flexibility index (Phi) is 7.08. The van der Waals surface area contributed by atoms with Crippen LogP contribution in [0.15, 0.2) is 164 Å². The number of aromatic nitrogens is 2. The molecule has 1 N–H and O–H groups in total. The highest BCUT2D eigenvalue weighted by atomic mass is 15.3. The fourth-order valence-corrected chi connectivity index (χ4v) is 6.36. The number of nitrogens with zero attached hydrogens (tertiary/aromatic N) is 3. The van der Waals surface area contributed by atoms with Crippen molar-refractivity contribution < 1.29 is 0 Å². The molecule has 0 spiro atoms. The maximum atomic E-state index is 5.06. The number of hydrogen-bond acceptors (Lipinski definition) is 4. The predicted octanol–water partition coefficient (Wildman–Crippen LogP) is 10.7. The van der Waals surface area contributed by atoms with E-state index in [9.17, 15) is 0 Å². The van der Waals surface area contributed by atoms with Crippen molar-refractivity contribution in [3.05, 3.63) is 164 Å². The summed E-state index contributed by atoms with van der Waals surface area (Å²) in [5, 5.41) is 3.63. The molecule has 46 heavy (non-hydrogen) atoms. The molecular weight excluding hydrogens is 560 g/mol. The van der Waals surface area contributed by atoms with Crippen LogP contribution < -0.4 is 10.2 Å². The van der Waals surface area contributed by atoms with Crippen molar-refractivity contribution >= 4 is 17.1 Å². The Morgan fingerprint density at radius 1 is 0.457 bits per heavy atom. The summed E-state index contributed by atoms with van der Waals surface area (Å²) >= 11 is 0. The molecule has 0 aliphatic carbocycles. The van der Waals surface area contributed by atoms with E-state index in [1.54, 1.807) is 0 Å². The maximum absolute atomic E-state index is 5.06. The first kappa shape index (κ1) is 27.5. The number of benzene rings is 6. The van der Waals surface area contributed by atoms with Gasteiger partial charge in [-0.1, -0.05) is 127 Å². The molecule has 1 aromatic heterocycles. The average Bonchev–Trinajstić information content (AvgIpc) is 3.47. The lowest BCUT2D eigenvalue weighted by atomic mass is 9.96. The van der Waals surface area contributed by atoms with E-state index in [2.05, 4.69) is 145 Å².